The average molecular weight is 250 g/mol. The molecule has 1 rings (SSSR count). The van der Waals surface area contributed by atoms with E-state index in [1.54, 1.807) is 0 Å². The first-order valence-electron chi connectivity index (χ1n) is 4.41. The number of benzene rings is 1. The van der Waals surface area contributed by atoms with E-state index in [0.717, 1.165) is 14.2 Å². The lowest BCUT2D eigenvalue weighted by atomic mass is 10.1. The molecule has 0 heterocycles. The largest absolute Gasteiger partial charge is 0.491 e. The van der Waals surface area contributed by atoms with Crippen molar-refractivity contribution >= 4 is 5.97 Å². The fourth-order valence-corrected chi connectivity index (χ4v) is 1.22. The van der Waals surface area contributed by atoms with Gasteiger partial charge in [-0.1, -0.05) is 0 Å². The van der Waals surface area contributed by atoms with Crippen molar-refractivity contribution in [2.75, 3.05) is 14.2 Å². The number of hydrogen-bond donors (Lipinski definition) is 1. The molecular formula is C10H9F3O4. The van der Waals surface area contributed by atoms with Gasteiger partial charge in [0.05, 0.1) is 14.2 Å². The van der Waals surface area contributed by atoms with Gasteiger partial charge in [-0.3, -0.25) is 0 Å². The number of aliphatic hydroxyl groups excluding tert-OH is 1. The highest BCUT2D eigenvalue weighted by molar-refractivity contribution is 5.76. The Hall–Kier alpha value is -1.76. The van der Waals surface area contributed by atoms with Crippen molar-refractivity contribution in [3.8, 4) is 5.75 Å². The lowest BCUT2D eigenvalue weighted by Crippen LogP contribution is -2.16. The van der Waals surface area contributed by atoms with Gasteiger partial charge in [0.2, 0.25) is 5.82 Å². The van der Waals surface area contributed by atoms with Gasteiger partial charge in [0.1, 0.15) is 0 Å². The molecule has 0 aliphatic heterocycles. The molecule has 0 amide bonds. The maximum atomic E-state index is 13.6. The van der Waals surface area contributed by atoms with Crippen LogP contribution in [0.15, 0.2) is 6.07 Å². The molecule has 1 aromatic rings. The summed E-state index contributed by atoms with van der Waals surface area (Å²) >= 11 is 0. The molecule has 17 heavy (non-hydrogen) atoms. The maximum absolute atomic E-state index is 13.6. The molecule has 1 unspecified atom stereocenters. The lowest BCUT2D eigenvalue weighted by Gasteiger charge is -2.12. The molecular weight excluding hydrogens is 241 g/mol. The van der Waals surface area contributed by atoms with Crippen LogP contribution in [0.3, 0.4) is 0 Å². The van der Waals surface area contributed by atoms with Crippen LogP contribution in [0.2, 0.25) is 0 Å². The van der Waals surface area contributed by atoms with Crippen LogP contribution in [-0.2, 0) is 9.53 Å². The van der Waals surface area contributed by atoms with Gasteiger partial charge < -0.3 is 14.6 Å². The zero-order valence-electron chi connectivity index (χ0n) is 8.96. The first-order valence-corrected chi connectivity index (χ1v) is 4.41. The normalized spacial score (nSPS) is 12.1. The Morgan fingerprint density at radius 3 is 2.35 bits per heavy atom. The molecule has 0 aromatic heterocycles. The van der Waals surface area contributed by atoms with Gasteiger partial charge in [0.15, 0.2) is 23.5 Å². The molecule has 0 aliphatic rings. The number of halogens is 3. The number of carbonyl (C=O) groups is 1. The molecule has 7 heteroatoms. The maximum Gasteiger partial charge on any atom is 0.339 e. The lowest BCUT2D eigenvalue weighted by molar-refractivity contribution is -0.150. The van der Waals surface area contributed by atoms with E-state index in [9.17, 15) is 23.1 Å². The summed E-state index contributed by atoms with van der Waals surface area (Å²) in [7, 11) is 1.88. The highest BCUT2D eigenvalue weighted by Gasteiger charge is 2.28. The Bertz CT molecular complexity index is 448. The Morgan fingerprint density at radius 1 is 1.29 bits per heavy atom. The second kappa shape index (κ2) is 5.05. The molecule has 4 nitrogen and oxygen atoms in total. The first-order chi connectivity index (χ1) is 7.93. The minimum absolute atomic E-state index is 0.370. The molecule has 0 bridgehead atoms. The minimum Gasteiger partial charge on any atom is -0.491 e. The zero-order chi connectivity index (χ0) is 13.2. The standard InChI is InChI=1S/C10H9F3O4/c1-16-9-6(12)4(3-5(11)7(9)13)8(14)10(15)17-2/h3,8,14H,1-2H3. The molecule has 94 valence electrons. The summed E-state index contributed by atoms with van der Waals surface area (Å²) < 4.78 is 48.1. The van der Waals surface area contributed by atoms with Crippen molar-refractivity contribution in [2.24, 2.45) is 0 Å². The summed E-state index contributed by atoms with van der Waals surface area (Å²) in [6.07, 6.45) is -2.05. The van der Waals surface area contributed by atoms with E-state index in [0.29, 0.717) is 6.07 Å². The van der Waals surface area contributed by atoms with Gasteiger partial charge in [0.25, 0.3) is 0 Å². The third-order valence-corrected chi connectivity index (χ3v) is 2.07. The van der Waals surface area contributed by atoms with E-state index in [4.69, 9.17) is 0 Å². The van der Waals surface area contributed by atoms with Crippen molar-refractivity contribution in [1.29, 1.82) is 0 Å². The van der Waals surface area contributed by atoms with Crippen LogP contribution in [0, 0.1) is 17.5 Å². The molecule has 0 fully saturated rings. The molecule has 0 aliphatic carbocycles. The fourth-order valence-electron chi connectivity index (χ4n) is 1.22. The van der Waals surface area contributed by atoms with Gasteiger partial charge in [-0.2, -0.15) is 4.39 Å². The summed E-state index contributed by atoms with van der Waals surface area (Å²) in [4.78, 5) is 11.0. The average Bonchev–Trinajstić information content (AvgIpc) is 2.32. The third-order valence-electron chi connectivity index (χ3n) is 2.07. The van der Waals surface area contributed by atoms with Gasteiger partial charge >= 0.3 is 5.97 Å². The van der Waals surface area contributed by atoms with Crippen molar-refractivity contribution in [3.63, 3.8) is 0 Å². The Kier molecular flexibility index (Phi) is 3.95. The van der Waals surface area contributed by atoms with Gasteiger partial charge in [-0.25, -0.2) is 13.6 Å². The molecule has 0 saturated carbocycles. The van der Waals surface area contributed by atoms with E-state index < -0.39 is 40.8 Å². The van der Waals surface area contributed by atoms with Crippen LogP contribution in [0.1, 0.15) is 11.7 Å². The summed E-state index contributed by atoms with van der Waals surface area (Å²) in [5.41, 5.74) is -0.757. The summed E-state index contributed by atoms with van der Waals surface area (Å²) in [5.74, 6) is -6.55. The van der Waals surface area contributed by atoms with Crippen LogP contribution >= 0.6 is 0 Å². The van der Waals surface area contributed by atoms with E-state index in [1.807, 2.05) is 0 Å². The summed E-state index contributed by atoms with van der Waals surface area (Å²) in [6.45, 7) is 0. The number of hydrogen-bond acceptors (Lipinski definition) is 4. The second-order valence-electron chi connectivity index (χ2n) is 3.03. The van der Waals surface area contributed by atoms with Gasteiger partial charge in [0, 0.05) is 5.56 Å². The van der Waals surface area contributed by atoms with Crippen LogP contribution in [-0.4, -0.2) is 25.3 Å². The fraction of sp³-hybridized carbons (Fsp3) is 0.300. The number of aliphatic hydroxyl groups is 1. The molecule has 0 spiro atoms. The van der Waals surface area contributed by atoms with Gasteiger partial charge in [-0.05, 0) is 6.07 Å². The Labute approximate surface area is 94.6 Å². The Morgan fingerprint density at radius 2 is 1.88 bits per heavy atom. The van der Waals surface area contributed by atoms with Crippen molar-refractivity contribution in [3.05, 3.63) is 29.1 Å². The summed E-state index contributed by atoms with van der Waals surface area (Å²) in [6, 6.07) is 0.370. The first kappa shape index (κ1) is 13.3. The van der Waals surface area contributed by atoms with Crippen LogP contribution in [0.4, 0.5) is 13.2 Å². The van der Waals surface area contributed by atoms with Crippen molar-refractivity contribution < 1.29 is 32.5 Å². The smallest absolute Gasteiger partial charge is 0.339 e. The quantitative estimate of drug-likeness (QED) is 0.649. The van der Waals surface area contributed by atoms with E-state index >= 15 is 0 Å². The summed E-state index contributed by atoms with van der Waals surface area (Å²) in [5, 5.41) is 9.35. The monoisotopic (exact) mass is 250 g/mol. The van der Waals surface area contributed by atoms with Crippen molar-refractivity contribution in [2.45, 2.75) is 6.10 Å². The number of rotatable bonds is 3. The number of methoxy groups -OCH3 is 2. The number of ether oxygens (including phenoxy) is 2. The van der Waals surface area contributed by atoms with Crippen LogP contribution < -0.4 is 4.74 Å². The second-order valence-corrected chi connectivity index (χ2v) is 3.03. The third kappa shape index (κ3) is 2.33. The SMILES string of the molecule is COC(=O)C(O)c1cc(F)c(F)c(OC)c1F. The highest BCUT2D eigenvalue weighted by atomic mass is 19.2. The number of carbonyl (C=O) groups excluding carboxylic acids is 1. The zero-order valence-corrected chi connectivity index (χ0v) is 8.96. The minimum atomic E-state index is -2.05. The molecule has 1 N–H and O–H groups in total. The Balaban J connectivity index is 3.35. The molecule has 1 aromatic carbocycles. The topological polar surface area (TPSA) is 55.8 Å². The van der Waals surface area contributed by atoms with E-state index in [2.05, 4.69) is 9.47 Å². The molecule has 1 atom stereocenters. The predicted octanol–water partition coefficient (Wildman–Crippen LogP) is 1.32. The van der Waals surface area contributed by atoms with Gasteiger partial charge in [-0.15, -0.1) is 0 Å². The predicted molar refractivity (Wildman–Crippen MR) is 49.8 cm³/mol. The van der Waals surface area contributed by atoms with Crippen LogP contribution in [0.5, 0.6) is 5.75 Å². The van der Waals surface area contributed by atoms with Crippen molar-refractivity contribution in [1.82, 2.24) is 0 Å². The van der Waals surface area contributed by atoms with Crippen LogP contribution in [0.25, 0.3) is 0 Å². The highest BCUT2D eigenvalue weighted by Crippen LogP contribution is 2.30. The van der Waals surface area contributed by atoms with E-state index in [1.165, 1.54) is 0 Å². The molecule has 0 saturated heterocycles. The molecule has 0 radical (unpaired) electrons. The van der Waals surface area contributed by atoms with E-state index in [-0.39, 0.29) is 0 Å². The number of esters is 1.